The second-order valence-corrected chi connectivity index (χ2v) is 6.45. The van der Waals surface area contributed by atoms with Crippen LogP contribution in [0.1, 0.15) is 30.9 Å². The van der Waals surface area contributed by atoms with Crippen molar-refractivity contribution in [3.63, 3.8) is 0 Å². The van der Waals surface area contributed by atoms with E-state index in [9.17, 15) is 9.50 Å². The monoisotopic (exact) mass is 344 g/mol. The Bertz CT molecular complexity index is 758. The van der Waals surface area contributed by atoms with Crippen LogP contribution in [0.5, 0.6) is 5.75 Å². The fourth-order valence-electron chi connectivity index (χ4n) is 3.60. The molecule has 2 aromatic rings. The summed E-state index contributed by atoms with van der Waals surface area (Å²) < 4.78 is 19.2. The number of anilines is 2. The summed E-state index contributed by atoms with van der Waals surface area (Å²) in [6.07, 6.45) is 4.27. The first-order chi connectivity index (χ1) is 12.2. The first-order valence-electron chi connectivity index (χ1n) is 8.63. The Labute approximate surface area is 145 Å². The highest BCUT2D eigenvalue weighted by Gasteiger charge is 2.26. The lowest BCUT2D eigenvalue weighted by Gasteiger charge is -2.28. The molecule has 2 aliphatic rings. The maximum Gasteiger partial charge on any atom is 0.134 e. The first kappa shape index (κ1) is 16.1. The summed E-state index contributed by atoms with van der Waals surface area (Å²) in [5.74, 6) is 1.93. The number of hydrogen-bond acceptors (Lipinski definition) is 6. The summed E-state index contributed by atoms with van der Waals surface area (Å²) in [6, 6.07) is 6.53. The molecule has 7 heteroatoms. The number of aromatic nitrogens is 2. The fraction of sp³-hybridized carbons (Fsp3) is 0.444. The molecular weight excluding hydrogens is 323 g/mol. The van der Waals surface area contributed by atoms with E-state index in [1.807, 2.05) is 6.07 Å². The van der Waals surface area contributed by atoms with E-state index in [0.717, 1.165) is 37.2 Å². The number of halogens is 1. The molecule has 0 bridgehead atoms. The SMILES string of the molecule is OCC1CCCN1c1cc(NC2CCOc3ccc(F)cc32)ncn1. The molecule has 0 amide bonds. The van der Waals surface area contributed by atoms with Crippen molar-refractivity contribution in [1.82, 2.24) is 9.97 Å². The van der Waals surface area contributed by atoms with Gasteiger partial charge in [-0.2, -0.15) is 0 Å². The highest BCUT2D eigenvalue weighted by Crippen LogP contribution is 2.35. The molecular formula is C18H21FN4O2. The van der Waals surface area contributed by atoms with Crippen molar-refractivity contribution < 1.29 is 14.2 Å². The molecule has 1 aromatic carbocycles. The Kier molecular flexibility index (Phi) is 4.40. The molecule has 4 rings (SSSR count). The van der Waals surface area contributed by atoms with Crippen molar-refractivity contribution in [2.75, 3.05) is 30.0 Å². The van der Waals surface area contributed by atoms with E-state index in [2.05, 4.69) is 20.2 Å². The largest absolute Gasteiger partial charge is 0.493 e. The normalized spacial score (nSPS) is 22.4. The Balaban J connectivity index is 1.56. The summed E-state index contributed by atoms with van der Waals surface area (Å²) in [7, 11) is 0. The number of nitrogens with one attached hydrogen (secondary N) is 1. The summed E-state index contributed by atoms with van der Waals surface area (Å²) in [5, 5.41) is 12.9. The average Bonchev–Trinajstić information content (AvgIpc) is 3.11. The van der Waals surface area contributed by atoms with Gasteiger partial charge in [-0.15, -0.1) is 0 Å². The smallest absolute Gasteiger partial charge is 0.134 e. The number of aliphatic hydroxyl groups is 1. The van der Waals surface area contributed by atoms with Crippen LogP contribution in [0, 0.1) is 5.82 Å². The molecule has 6 nitrogen and oxygen atoms in total. The number of rotatable bonds is 4. The Hall–Kier alpha value is -2.41. The zero-order valence-electron chi connectivity index (χ0n) is 13.9. The average molecular weight is 344 g/mol. The lowest BCUT2D eigenvalue weighted by Crippen LogP contribution is -2.32. The number of fused-ring (bicyclic) bond motifs is 1. The molecule has 0 spiro atoms. The predicted molar refractivity (Wildman–Crippen MR) is 92.4 cm³/mol. The topological polar surface area (TPSA) is 70.5 Å². The zero-order chi connectivity index (χ0) is 17.2. The molecule has 0 saturated carbocycles. The number of hydrogen-bond donors (Lipinski definition) is 2. The van der Waals surface area contributed by atoms with Crippen molar-refractivity contribution >= 4 is 11.6 Å². The summed E-state index contributed by atoms with van der Waals surface area (Å²) in [6.45, 7) is 1.58. The van der Waals surface area contributed by atoms with Gasteiger partial charge in [0, 0.05) is 24.6 Å². The second-order valence-electron chi connectivity index (χ2n) is 6.45. The van der Waals surface area contributed by atoms with Gasteiger partial charge < -0.3 is 20.1 Å². The van der Waals surface area contributed by atoms with E-state index < -0.39 is 0 Å². The molecule has 0 radical (unpaired) electrons. The molecule has 1 fully saturated rings. The fourth-order valence-corrected chi connectivity index (χ4v) is 3.60. The van der Waals surface area contributed by atoms with Gasteiger partial charge in [0.1, 0.15) is 29.5 Å². The van der Waals surface area contributed by atoms with Crippen LogP contribution < -0.4 is 15.0 Å². The second kappa shape index (κ2) is 6.84. The van der Waals surface area contributed by atoms with Gasteiger partial charge in [0.15, 0.2) is 0 Å². The maximum absolute atomic E-state index is 13.6. The summed E-state index contributed by atoms with van der Waals surface area (Å²) >= 11 is 0. The molecule has 1 aromatic heterocycles. The van der Waals surface area contributed by atoms with Gasteiger partial charge in [-0.25, -0.2) is 14.4 Å². The van der Waals surface area contributed by atoms with Gasteiger partial charge in [0.2, 0.25) is 0 Å². The lowest BCUT2D eigenvalue weighted by molar-refractivity contribution is 0.266. The van der Waals surface area contributed by atoms with Gasteiger partial charge in [-0.3, -0.25) is 0 Å². The lowest BCUT2D eigenvalue weighted by atomic mass is 10.0. The zero-order valence-corrected chi connectivity index (χ0v) is 13.9. The van der Waals surface area contributed by atoms with Crippen LogP contribution >= 0.6 is 0 Å². The minimum atomic E-state index is -0.276. The van der Waals surface area contributed by atoms with Gasteiger partial charge in [0.25, 0.3) is 0 Å². The Morgan fingerprint density at radius 1 is 1.28 bits per heavy atom. The molecule has 2 aliphatic heterocycles. The molecule has 2 atom stereocenters. The van der Waals surface area contributed by atoms with Gasteiger partial charge in [0.05, 0.1) is 25.3 Å². The molecule has 2 N–H and O–H groups in total. The van der Waals surface area contributed by atoms with Crippen LogP contribution in [0.4, 0.5) is 16.0 Å². The minimum absolute atomic E-state index is 0.0607. The van der Waals surface area contributed by atoms with Gasteiger partial charge in [-0.05, 0) is 31.0 Å². The maximum atomic E-state index is 13.6. The Morgan fingerprint density at radius 2 is 2.20 bits per heavy atom. The highest BCUT2D eigenvalue weighted by atomic mass is 19.1. The third-order valence-electron chi connectivity index (χ3n) is 4.87. The molecule has 132 valence electrons. The van der Waals surface area contributed by atoms with Crippen LogP contribution in [0.2, 0.25) is 0 Å². The summed E-state index contributed by atoms with van der Waals surface area (Å²) in [5.41, 5.74) is 0.806. The van der Waals surface area contributed by atoms with Crippen LogP contribution in [-0.4, -0.2) is 40.9 Å². The molecule has 1 saturated heterocycles. The number of nitrogens with zero attached hydrogens (tertiary/aromatic N) is 3. The van der Waals surface area contributed by atoms with E-state index in [0.29, 0.717) is 18.2 Å². The van der Waals surface area contributed by atoms with E-state index >= 15 is 0 Å². The van der Waals surface area contributed by atoms with E-state index in [1.54, 1.807) is 6.07 Å². The van der Waals surface area contributed by atoms with Crippen molar-refractivity contribution in [2.45, 2.75) is 31.3 Å². The van der Waals surface area contributed by atoms with Crippen molar-refractivity contribution in [3.8, 4) is 5.75 Å². The minimum Gasteiger partial charge on any atom is -0.493 e. The molecule has 3 heterocycles. The number of benzene rings is 1. The Morgan fingerprint density at radius 3 is 3.08 bits per heavy atom. The number of aliphatic hydroxyl groups excluding tert-OH is 1. The van der Waals surface area contributed by atoms with E-state index in [4.69, 9.17) is 4.74 Å². The van der Waals surface area contributed by atoms with Crippen LogP contribution in [0.15, 0.2) is 30.6 Å². The van der Waals surface area contributed by atoms with Gasteiger partial charge >= 0.3 is 0 Å². The highest BCUT2D eigenvalue weighted by molar-refractivity contribution is 5.52. The van der Waals surface area contributed by atoms with Crippen molar-refractivity contribution in [3.05, 3.63) is 42.0 Å². The summed E-state index contributed by atoms with van der Waals surface area (Å²) in [4.78, 5) is 10.8. The van der Waals surface area contributed by atoms with Crippen LogP contribution in [-0.2, 0) is 0 Å². The molecule has 25 heavy (non-hydrogen) atoms. The van der Waals surface area contributed by atoms with Crippen LogP contribution in [0.25, 0.3) is 0 Å². The van der Waals surface area contributed by atoms with Crippen molar-refractivity contribution in [1.29, 1.82) is 0 Å². The standard InChI is InChI=1S/C18H21FN4O2/c19-12-3-4-16-14(8-12)15(5-7-25-16)22-17-9-18(21-11-20-17)23-6-1-2-13(23)10-24/h3-4,8-9,11,13,15,24H,1-2,5-7,10H2,(H,20,21,22). The first-order valence-corrected chi connectivity index (χ1v) is 8.63. The molecule has 2 unspecified atom stereocenters. The van der Waals surface area contributed by atoms with Crippen LogP contribution in [0.3, 0.4) is 0 Å². The van der Waals surface area contributed by atoms with Gasteiger partial charge in [-0.1, -0.05) is 0 Å². The van der Waals surface area contributed by atoms with Crippen molar-refractivity contribution in [2.24, 2.45) is 0 Å². The molecule has 0 aliphatic carbocycles. The van der Waals surface area contributed by atoms with E-state index in [1.165, 1.54) is 18.5 Å². The third kappa shape index (κ3) is 3.24. The van der Waals surface area contributed by atoms with E-state index in [-0.39, 0.29) is 24.5 Å². The quantitative estimate of drug-likeness (QED) is 0.888. The predicted octanol–water partition coefficient (Wildman–Crippen LogP) is 2.51. The number of ether oxygens (including phenoxy) is 1. The third-order valence-corrected chi connectivity index (χ3v) is 4.87.